The van der Waals surface area contributed by atoms with Crippen LogP contribution in [0.25, 0.3) is 10.9 Å². The number of amides is 3. The van der Waals surface area contributed by atoms with E-state index in [0.717, 1.165) is 16.5 Å². The smallest absolute Gasteiger partial charge is 0.325 e. The predicted octanol–water partition coefficient (Wildman–Crippen LogP) is 0.508. The first-order valence-electron chi connectivity index (χ1n) is 12.0. The van der Waals surface area contributed by atoms with Crippen molar-refractivity contribution in [1.82, 2.24) is 20.9 Å². The van der Waals surface area contributed by atoms with Crippen molar-refractivity contribution in [3.8, 4) is 0 Å². The van der Waals surface area contributed by atoms with Gasteiger partial charge in [0.15, 0.2) is 0 Å². The average molecular weight is 518 g/mol. The number of H-pyrrole nitrogens is 1. The molecule has 2 rings (SSSR count). The number of para-hydroxylation sites is 1. The van der Waals surface area contributed by atoms with Gasteiger partial charge in [0.2, 0.25) is 17.7 Å². The number of carbonyl (C=O) groups excluding carboxylic acids is 3. The van der Waals surface area contributed by atoms with E-state index in [-0.39, 0.29) is 25.2 Å². The minimum Gasteiger partial charge on any atom is -0.481 e. The quantitative estimate of drug-likeness (QED) is 0.188. The fraction of sp³-hybridized carbons (Fsp3) is 0.480. The lowest BCUT2D eigenvalue weighted by Crippen LogP contribution is -2.57. The van der Waals surface area contributed by atoms with Gasteiger partial charge in [-0.3, -0.25) is 24.0 Å². The zero-order valence-corrected chi connectivity index (χ0v) is 21.1. The number of carboxylic acid groups (broad SMARTS) is 2. The maximum atomic E-state index is 13.1. The Hall–Kier alpha value is -3.93. The Labute approximate surface area is 214 Å². The molecule has 0 saturated carbocycles. The summed E-state index contributed by atoms with van der Waals surface area (Å²) >= 11 is 0. The maximum absolute atomic E-state index is 13.1. The Bertz CT molecular complexity index is 1130. The number of fused-ring (bicyclic) bond motifs is 1. The summed E-state index contributed by atoms with van der Waals surface area (Å²) in [5.74, 6) is -4.55. The number of carboxylic acids is 2. The monoisotopic (exact) mass is 517 g/mol. The largest absolute Gasteiger partial charge is 0.481 e. The summed E-state index contributed by atoms with van der Waals surface area (Å²) in [5.41, 5.74) is 7.80. The third-order valence-electron chi connectivity index (χ3n) is 5.80. The van der Waals surface area contributed by atoms with E-state index in [1.165, 1.54) is 6.92 Å². The molecule has 0 aliphatic heterocycles. The molecule has 3 amide bonds. The molecule has 0 saturated heterocycles. The third kappa shape index (κ3) is 8.90. The molecule has 12 heteroatoms. The van der Waals surface area contributed by atoms with Gasteiger partial charge in [-0.25, -0.2) is 0 Å². The first kappa shape index (κ1) is 29.3. The zero-order valence-electron chi connectivity index (χ0n) is 21.1. The van der Waals surface area contributed by atoms with Crippen LogP contribution in [0.5, 0.6) is 0 Å². The van der Waals surface area contributed by atoms with Gasteiger partial charge in [-0.15, -0.1) is 0 Å². The molecule has 0 radical (unpaired) electrons. The van der Waals surface area contributed by atoms with Crippen LogP contribution in [0.1, 0.15) is 45.6 Å². The number of carbonyl (C=O) groups is 5. The molecule has 0 aliphatic rings. The first-order valence-corrected chi connectivity index (χ1v) is 12.0. The van der Waals surface area contributed by atoms with E-state index < -0.39 is 60.2 Å². The molecule has 1 aromatic carbocycles. The maximum Gasteiger partial charge on any atom is 0.325 e. The predicted molar refractivity (Wildman–Crippen MR) is 135 cm³/mol. The molecule has 37 heavy (non-hydrogen) atoms. The highest BCUT2D eigenvalue weighted by Gasteiger charge is 2.30. The summed E-state index contributed by atoms with van der Waals surface area (Å²) < 4.78 is 0. The second-order valence-electron chi connectivity index (χ2n) is 9.42. The van der Waals surface area contributed by atoms with Crippen molar-refractivity contribution in [3.05, 3.63) is 36.0 Å². The number of aromatic amines is 1. The van der Waals surface area contributed by atoms with Crippen LogP contribution in [-0.2, 0) is 30.4 Å². The number of hydrogen-bond donors (Lipinski definition) is 7. The Balaban J connectivity index is 2.13. The number of nitrogens with one attached hydrogen (secondary N) is 4. The summed E-state index contributed by atoms with van der Waals surface area (Å²) in [6.07, 6.45) is 1.49. The van der Waals surface area contributed by atoms with Crippen molar-refractivity contribution in [1.29, 1.82) is 0 Å². The molecule has 12 nitrogen and oxygen atoms in total. The lowest BCUT2D eigenvalue weighted by atomic mass is 10.0. The molecule has 1 aromatic heterocycles. The van der Waals surface area contributed by atoms with Crippen molar-refractivity contribution in [3.63, 3.8) is 0 Å². The topological polar surface area (TPSA) is 204 Å². The zero-order chi connectivity index (χ0) is 27.7. The van der Waals surface area contributed by atoms with Gasteiger partial charge in [-0.2, -0.15) is 0 Å². The summed E-state index contributed by atoms with van der Waals surface area (Å²) in [6, 6.07) is 2.96. The molecular weight excluding hydrogens is 482 g/mol. The molecule has 4 unspecified atom stereocenters. The molecule has 1 heterocycles. The number of aliphatic carboxylic acids is 2. The summed E-state index contributed by atoms with van der Waals surface area (Å²) in [5, 5.41) is 26.4. The Morgan fingerprint density at radius 1 is 0.919 bits per heavy atom. The van der Waals surface area contributed by atoms with Crippen molar-refractivity contribution >= 4 is 40.6 Å². The number of nitrogens with two attached hydrogens (primary N) is 1. The van der Waals surface area contributed by atoms with Crippen LogP contribution >= 0.6 is 0 Å². The van der Waals surface area contributed by atoms with Crippen LogP contribution < -0.4 is 21.7 Å². The number of hydrogen-bond acceptors (Lipinski definition) is 6. The highest BCUT2D eigenvalue weighted by atomic mass is 16.4. The van der Waals surface area contributed by atoms with Gasteiger partial charge in [0.1, 0.15) is 18.1 Å². The number of aromatic nitrogens is 1. The lowest BCUT2D eigenvalue weighted by molar-refractivity contribution is -0.142. The fourth-order valence-corrected chi connectivity index (χ4v) is 3.80. The minimum atomic E-state index is -1.27. The molecule has 202 valence electrons. The van der Waals surface area contributed by atoms with E-state index in [1.54, 1.807) is 6.20 Å². The highest BCUT2D eigenvalue weighted by molar-refractivity contribution is 5.94. The van der Waals surface area contributed by atoms with Gasteiger partial charge in [0.25, 0.3) is 0 Å². The molecule has 0 bridgehead atoms. The van der Waals surface area contributed by atoms with E-state index in [9.17, 15) is 24.0 Å². The molecule has 4 atom stereocenters. The van der Waals surface area contributed by atoms with E-state index in [1.807, 2.05) is 38.1 Å². The fourth-order valence-electron chi connectivity index (χ4n) is 3.80. The van der Waals surface area contributed by atoms with Crippen LogP contribution in [0.2, 0.25) is 0 Å². The summed E-state index contributed by atoms with van der Waals surface area (Å²) in [7, 11) is 0. The van der Waals surface area contributed by atoms with Crippen LogP contribution in [0.3, 0.4) is 0 Å². The van der Waals surface area contributed by atoms with E-state index in [2.05, 4.69) is 20.9 Å². The standard InChI is InChI=1S/C25H35N5O7/c1-13(2)10-20(24(35)28-14(3)25(36)37)30-23(34)19(8-9-21(31)32)29-22(33)17(26)11-15-12-27-18-7-5-4-6-16(15)18/h4-7,12-14,17,19-20,27H,8-11,26H2,1-3H3,(H,28,35)(H,29,33)(H,30,34)(H,31,32)(H,36,37). The van der Waals surface area contributed by atoms with Gasteiger partial charge in [-0.05, 0) is 43.7 Å². The van der Waals surface area contributed by atoms with Gasteiger partial charge < -0.3 is 36.9 Å². The Morgan fingerprint density at radius 2 is 1.54 bits per heavy atom. The Kier molecular flexibility index (Phi) is 10.6. The molecule has 2 aromatic rings. The number of rotatable bonds is 14. The summed E-state index contributed by atoms with van der Waals surface area (Å²) in [4.78, 5) is 63.9. The van der Waals surface area contributed by atoms with Crippen molar-refractivity contribution < 1.29 is 34.2 Å². The van der Waals surface area contributed by atoms with E-state index in [0.29, 0.717) is 0 Å². The van der Waals surface area contributed by atoms with Gasteiger partial charge in [0, 0.05) is 23.5 Å². The van der Waals surface area contributed by atoms with Gasteiger partial charge >= 0.3 is 11.9 Å². The summed E-state index contributed by atoms with van der Waals surface area (Å²) in [6.45, 7) is 4.93. The second-order valence-corrected chi connectivity index (χ2v) is 9.42. The van der Waals surface area contributed by atoms with Crippen LogP contribution in [0.4, 0.5) is 0 Å². The molecule has 0 fully saturated rings. The third-order valence-corrected chi connectivity index (χ3v) is 5.80. The molecule has 0 spiro atoms. The van der Waals surface area contributed by atoms with Crippen molar-refractivity contribution in [2.75, 3.05) is 0 Å². The van der Waals surface area contributed by atoms with Crippen LogP contribution in [-0.4, -0.2) is 69.0 Å². The highest BCUT2D eigenvalue weighted by Crippen LogP contribution is 2.19. The van der Waals surface area contributed by atoms with Crippen molar-refractivity contribution in [2.24, 2.45) is 11.7 Å². The minimum absolute atomic E-state index is 0.0344. The van der Waals surface area contributed by atoms with Crippen LogP contribution in [0.15, 0.2) is 30.5 Å². The van der Waals surface area contributed by atoms with Crippen LogP contribution in [0, 0.1) is 5.92 Å². The normalized spacial score (nSPS) is 14.4. The van der Waals surface area contributed by atoms with E-state index in [4.69, 9.17) is 15.9 Å². The van der Waals surface area contributed by atoms with Gasteiger partial charge in [0.05, 0.1) is 6.04 Å². The lowest BCUT2D eigenvalue weighted by Gasteiger charge is -2.25. The van der Waals surface area contributed by atoms with E-state index >= 15 is 0 Å². The molecule has 0 aliphatic carbocycles. The molecule has 8 N–H and O–H groups in total. The van der Waals surface area contributed by atoms with Crippen molar-refractivity contribution in [2.45, 2.75) is 70.6 Å². The average Bonchev–Trinajstić information content (AvgIpc) is 3.23. The molecular formula is C25H35N5O7. The Morgan fingerprint density at radius 3 is 2.16 bits per heavy atom. The first-order chi connectivity index (χ1) is 17.4. The van der Waals surface area contributed by atoms with Gasteiger partial charge in [-0.1, -0.05) is 32.0 Å². The number of benzene rings is 1. The second kappa shape index (κ2) is 13.4. The SMILES string of the molecule is CC(C)CC(NC(=O)C(CCC(=O)O)NC(=O)C(N)Cc1c[nH]c2ccccc12)C(=O)NC(C)C(=O)O.